The van der Waals surface area contributed by atoms with Crippen LogP contribution in [0.5, 0.6) is 0 Å². The lowest BCUT2D eigenvalue weighted by Crippen LogP contribution is -2.22. The Morgan fingerprint density at radius 1 is 1.22 bits per heavy atom. The van der Waals surface area contributed by atoms with Gasteiger partial charge in [-0.05, 0) is 49.9 Å². The van der Waals surface area contributed by atoms with Gasteiger partial charge in [0, 0.05) is 11.4 Å². The molecule has 1 unspecified atom stereocenters. The molecule has 122 valence electrons. The van der Waals surface area contributed by atoms with Gasteiger partial charge in [-0.1, -0.05) is 26.0 Å². The molecule has 0 fully saturated rings. The highest BCUT2D eigenvalue weighted by molar-refractivity contribution is 5.92. The molecule has 5 nitrogen and oxygen atoms in total. The lowest BCUT2D eigenvalue weighted by atomic mass is 9.99. The maximum atomic E-state index is 5.95. The van der Waals surface area contributed by atoms with Gasteiger partial charge >= 0.3 is 0 Å². The summed E-state index contributed by atoms with van der Waals surface area (Å²) in [6.45, 7) is 8.68. The van der Waals surface area contributed by atoms with Gasteiger partial charge in [0.05, 0.1) is 12.2 Å². The first-order valence-electron chi connectivity index (χ1n) is 7.96. The van der Waals surface area contributed by atoms with Gasteiger partial charge in [-0.15, -0.1) is 0 Å². The molecule has 0 saturated carbocycles. The number of hydrogen-bond donors (Lipinski definition) is 2. The highest BCUT2D eigenvalue weighted by Gasteiger charge is 2.03. The highest BCUT2D eigenvalue weighted by atomic mass is 15.1. The molecule has 0 radical (unpaired) electrons. The van der Waals surface area contributed by atoms with Crippen LogP contribution in [-0.4, -0.2) is 15.9 Å². The van der Waals surface area contributed by atoms with E-state index >= 15 is 0 Å². The van der Waals surface area contributed by atoms with Crippen LogP contribution in [0.3, 0.4) is 0 Å². The molecule has 5 heteroatoms. The molecule has 0 spiro atoms. The van der Waals surface area contributed by atoms with Crippen molar-refractivity contribution in [3.8, 4) is 0 Å². The van der Waals surface area contributed by atoms with E-state index in [0.717, 1.165) is 29.3 Å². The van der Waals surface area contributed by atoms with Gasteiger partial charge in [-0.2, -0.15) is 0 Å². The zero-order valence-corrected chi connectivity index (χ0v) is 14.3. The minimum absolute atomic E-state index is 0.384. The SMILES string of the molecule is CCC(C)c1ccc(NC(N)=NCc2cc(C)nc(C)n2)cc1. The molecule has 1 atom stereocenters. The van der Waals surface area contributed by atoms with Gasteiger partial charge in [0.25, 0.3) is 0 Å². The Bertz CT molecular complexity index is 656. The fraction of sp³-hybridized carbons (Fsp3) is 0.389. The largest absolute Gasteiger partial charge is 0.370 e. The molecule has 0 saturated heterocycles. The predicted octanol–water partition coefficient (Wildman–Crippen LogP) is 3.53. The molecule has 1 aromatic carbocycles. The second-order valence-corrected chi connectivity index (χ2v) is 5.81. The van der Waals surface area contributed by atoms with Crippen LogP contribution >= 0.6 is 0 Å². The summed E-state index contributed by atoms with van der Waals surface area (Å²) in [6, 6.07) is 10.2. The van der Waals surface area contributed by atoms with E-state index in [1.165, 1.54) is 5.56 Å². The molecule has 0 aliphatic carbocycles. The molecule has 0 aliphatic heterocycles. The Morgan fingerprint density at radius 3 is 2.52 bits per heavy atom. The second-order valence-electron chi connectivity index (χ2n) is 5.81. The Hall–Kier alpha value is -2.43. The van der Waals surface area contributed by atoms with Gasteiger partial charge in [-0.3, -0.25) is 0 Å². The lowest BCUT2D eigenvalue weighted by Gasteiger charge is -2.10. The summed E-state index contributed by atoms with van der Waals surface area (Å²) in [5.41, 5.74) is 10.0. The third kappa shape index (κ3) is 5.06. The Morgan fingerprint density at radius 2 is 1.91 bits per heavy atom. The van der Waals surface area contributed by atoms with Gasteiger partial charge in [0.1, 0.15) is 5.82 Å². The van der Waals surface area contributed by atoms with Gasteiger partial charge in [0.15, 0.2) is 5.96 Å². The van der Waals surface area contributed by atoms with Crippen LogP contribution in [0.25, 0.3) is 0 Å². The normalized spacial score (nSPS) is 13.0. The van der Waals surface area contributed by atoms with Crippen molar-refractivity contribution in [2.45, 2.75) is 46.6 Å². The van der Waals surface area contributed by atoms with Crippen LogP contribution in [0, 0.1) is 13.8 Å². The summed E-state index contributed by atoms with van der Waals surface area (Å²) >= 11 is 0. The maximum Gasteiger partial charge on any atom is 0.193 e. The average molecular weight is 311 g/mol. The van der Waals surface area contributed by atoms with Crippen molar-refractivity contribution in [2.24, 2.45) is 10.7 Å². The third-order valence-electron chi connectivity index (χ3n) is 3.79. The van der Waals surface area contributed by atoms with Crippen LogP contribution in [0.4, 0.5) is 5.69 Å². The Labute approximate surface area is 138 Å². The number of benzene rings is 1. The Kier molecular flexibility index (Phi) is 5.68. The summed E-state index contributed by atoms with van der Waals surface area (Å²) in [7, 11) is 0. The molecule has 0 bridgehead atoms. The number of anilines is 1. The van der Waals surface area contributed by atoms with E-state index in [0.29, 0.717) is 18.4 Å². The van der Waals surface area contributed by atoms with Crippen molar-refractivity contribution in [3.63, 3.8) is 0 Å². The minimum atomic E-state index is 0.384. The zero-order chi connectivity index (χ0) is 16.8. The molecule has 2 rings (SSSR count). The summed E-state index contributed by atoms with van der Waals surface area (Å²) in [5.74, 6) is 1.71. The molecular formula is C18H25N5. The topological polar surface area (TPSA) is 76.2 Å². The summed E-state index contributed by atoms with van der Waals surface area (Å²) in [4.78, 5) is 12.9. The number of rotatable bonds is 5. The molecule has 2 aromatic rings. The van der Waals surface area contributed by atoms with Crippen LogP contribution in [0.2, 0.25) is 0 Å². The molecule has 3 N–H and O–H groups in total. The molecule has 1 aromatic heterocycles. The number of nitrogens with zero attached hydrogens (tertiary/aromatic N) is 3. The predicted molar refractivity (Wildman–Crippen MR) is 95.6 cm³/mol. The molecule has 23 heavy (non-hydrogen) atoms. The molecule has 0 amide bonds. The summed E-state index contributed by atoms with van der Waals surface area (Å²) in [5, 5.41) is 3.11. The van der Waals surface area contributed by atoms with Gasteiger partial charge in [0.2, 0.25) is 0 Å². The van der Waals surface area contributed by atoms with Crippen molar-refractivity contribution in [1.82, 2.24) is 9.97 Å². The lowest BCUT2D eigenvalue weighted by molar-refractivity contribution is 0.734. The number of aromatic nitrogens is 2. The van der Waals surface area contributed by atoms with E-state index in [2.05, 4.69) is 46.3 Å². The van der Waals surface area contributed by atoms with E-state index in [1.807, 2.05) is 32.0 Å². The minimum Gasteiger partial charge on any atom is -0.370 e. The number of nitrogens with one attached hydrogen (secondary N) is 1. The van der Waals surface area contributed by atoms with E-state index in [9.17, 15) is 0 Å². The van der Waals surface area contributed by atoms with Crippen LogP contribution < -0.4 is 11.1 Å². The fourth-order valence-electron chi connectivity index (χ4n) is 2.36. The van der Waals surface area contributed by atoms with Crippen molar-refractivity contribution in [3.05, 3.63) is 53.1 Å². The quantitative estimate of drug-likeness (QED) is 0.654. The van der Waals surface area contributed by atoms with E-state index < -0.39 is 0 Å². The number of guanidine groups is 1. The fourth-order valence-corrected chi connectivity index (χ4v) is 2.36. The van der Waals surface area contributed by atoms with Gasteiger partial charge < -0.3 is 11.1 Å². The Balaban J connectivity index is 1.99. The first-order chi connectivity index (χ1) is 11.0. The number of nitrogens with two attached hydrogens (primary N) is 1. The zero-order valence-electron chi connectivity index (χ0n) is 14.3. The van der Waals surface area contributed by atoms with Crippen molar-refractivity contribution < 1.29 is 0 Å². The van der Waals surface area contributed by atoms with Crippen LogP contribution in [0.1, 0.15) is 49.0 Å². The van der Waals surface area contributed by atoms with Crippen molar-refractivity contribution in [2.75, 3.05) is 5.32 Å². The number of aliphatic imine (C=N–C) groups is 1. The van der Waals surface area contributed by atoms with Gasteiger partial charge in [-0.25, -0.2) is 15.0 Å². The first-order valence-corrected chi connectivity index (χ1v) is 7.96. The monoisotopic (exact) mass is 311 g/mol. The molecule has 1 heterocycles. The number of hydrogen-bond acceptors (Lipinski definition) is 3. The molecular weight excluding hydrogens is 286 g/mol. The van der Waals surface area contributed by atoms with Crippen LogP contribution in [0.15, 0.2) is 35.3 Å². The third-order valence-corrected chi connectivity index (χ3v) is 3.79. The van der Waals surface area contributed by atoms with Crippen LogP contribution in [-0.2, 0) is 6.54 Å². The maximum absolute atomic E-state index is 5.95. The van der Waals surface area contributed by atoms with Crippen molar-refractivity contribution in [1.29, 1.82) is 0 Å². The van der Waals surface area contributed by atoms with E-state index in [4.69, 9.17) is 5.73 Å². The second kappa shape index (κ2) is 7.72. The van der Waals surface area contributed by atoms with E-state index in [-0.39, 0.29) is 0 Å². The summed E-state index contributed by atoms with van der Waals surface area (Å²) < 4.78 is 0. The number of aryl methyl sites for hydroxylation is 2. The first kappa shape index (κ1) is 16.9. The standard InChI is InChI=1S/C18H25N5/c1-5-12(2)15-6-8-16(9-7-15)23-18(19)20-11-17-10-13(3)21-14(4)22-17/h6-10,12H,5,11H2,1-4H3,(H3,19,20,23). The highest BCUT2D eigenvalue weighted by Crippen LogP contribution is 2.20. The van der Waals surface area contributed by atoms with E-state index in [1.54, 1.807) is 0 Å². The smallest absolute Gasteiger partial charge is 0.193 e. The average Bonchev–Trinajstić information content (AvgIpc) is 2.52. The summed E-state index contributed by atoms with van der Waals surface area (Å²) in [6.07, 6.45) is 1.13. The molecule has 0 aliphatic rings. The van der Waals surface area contributed by atoms with Crippen molar-refractivity contribution >= 4 is 11.6 Å².